The molecule has 1 fully saturated rings. The predicted molar refractivity (Wildman–Crippen MR) is 91.0 cm³/mol. The van der Waals surface area contributed by atoms with Crippen molar-refractivity contribution < 1.29 is 26.9 Å². The van der Waals surface area contributed by atoms with E-state index in [-0.39, 0.29) is 17.9 Å². The van der Waals surface area contributed by atoms with Gasteiger partial charge < -0.3 is 9.31 Å². The van der Waals surface area contributed by atoms with E-state index in [2.05, 4.69) is 5.10 Å². The molecule has 1 aliphatic heterocycles. The van der Waals surface area contributed by atoms with Crippen molar-refractivity contribution in [2.75, 3.05) is 0 Å². The van der Waals surface area contributed by atoms with Gasteiger partial charge in [0, 0.05) is 18.3 Å². The van der Waals surface area contributed by atoms with Crippen LogP contribution in [-0.2, 0) is 28.5 Å². The standard InChI is InChI=1S/C17H25BF4N2O2/c1-11(2)9-24-10-12(14(23-24)17(20,21)22)7-8-13(19)18-25-15(3,4)16(5,6)26-18/h8,10-11H,7,9H2,1-6H3. The fourth-order valence-electron chi connectivity index (χ4n) is 2.58. The van der Waals surface area contributed by atoms with Gasteiger partial charge in [0.15, 0.2) is 5.69 Å². The first kappa shape index (κ1) is 21.0. The summed E-state index contributed by atoms with van der Waals surface area (Å²) in [4.78, 5) is 0. The summed E-state index contributed by atoms with van der Waals surface area (Å²) in [7, 11) is -1.22. The fourth-order valence-corrected chi connectivity index (χ4v) is 2.58. The topological polar surface area (TPSA) is 36.3 Å². The highest BCUT2D eigenvalue weighted by atomic mass is 19.4. The largest absolute Gasteiger partial charge is 0.524 e. The third-order valence-corrected chi connectivity index (χ3v) is 4.65. The zero-order valence-corrected chi connectivity index (χ0v) is 15.9. The van der Waals surface area contributed by atoms with Crippen molar-refractivity contribution in [2.24, 2.45) is 5.92 Å². The molecule has 0 aliphatic carbocycles. The average Bonchev–Trinajstić information content (AvgIpc) is 2.94. The number of rotatable bonds is 5. The van der Waals surface area contributed by atoms with Gasteiger partial charge in [0.2, 0.25) is 0 Å². The third-order valence-electron chi connectivity index (χ3n) is 4.65. The smallest absolute Gasteiger partial charge is 0.398 e. The molecule has 1 aromatic rings. The molecule has 0 radical (unpaired) electrons. The molecule has 0 unspecified atom stereocenters. The average molecular weight is 376 g/mol. The lowest BCUT2D eigenvalue weighted by Gasteiger charge is -2.32. The van der Waals surface area contributed by atoms with Gasteiger partial charge in [-0.15, -0.1) is 0 Å². The minimum atomic E-state index is -4.59. The minimum Gasteiger partial charge on any atom is -0.398 e. The molecular weight excluding hydrogens is 351 g/mol. The normalized spacial score (nSPS) is 20.3. The molecular formula is C17H25BF4N2O2. The first-order valence-electron chi connectivity index (χ1n) is 8.57. The van der Waals surface area contributed by atoms with Crippen LogP contribution in [0.15, 0.2) is 18.0 Å². The molecule has 0 bridgehead atoms. The van der Waals surface area contributed by atoms with Crippen molar-refractivity contribution in [1.29, 1.82) is 0 Å². The summed E-state index contributed by atoms with van der Waals surface area (Å²) >= 11 is 0. The number of hydrogen-bond donors (Lipinski definition) is 0. The molecule has 0 aromatic carbocycles. The van der Waals surface area contributed by atoms with E-state index in [1.54, 1.807) is 27.7 Å². The maximum atomic E-state index is 14.4. The summed E-state index contributed by atoms with van der Waals surface area (Å²) < 4.78 is 66.4. The molecule has 2 heterocycles. The molecule has 0 amide bonds. The van der Waals surface area contributed by atoms with Crippen molar-refractivity contribution >= 4 is 7.12 Å². The van der Waals surface area contributed by atoms with Crippen molar-refractivity contribution in [3.8, 4) is 0 Å². The summed E-state index contributed by atoms with van der Waals surface area (Å²) in [5.41, 5.74) is -3.25. The van der Waals surface area contributed by atoms with Gasteiger partial charge in [-0.1, -0.05) is 19.9 Å². The highest BCUT2D eigenvalue weighted by Crippen LogP contribution is 2.39. The first-order chi connectivity index (χ1) is 11.7. The Morgan fingerprint density at radius 2 is 1.77 bits per heavy atom. The molecule has 9 heteroatoms. The second kappa shape index (κ2) is 7.00. The first-order valence-corrected chi connectivity index (χ1v) is 8.57. The number of allylic oxidation sites excluding steroid dienone is 1. The Hall–Kier alpha value is -1.35. The molecule has 4 nitrogen and oxygen atoms in total. The van der Waals surface area contributed by atoms with Crippen LogP contribution >= 0.6 is 0 Å². The molecule has 1 aromatic heterocycles. The molecule has 1 saturated heterocycles. The fraction of sp³-hybridized carbons (Fsp3) is 0.706. The van der Waals surface area contributed by atoms with E-state index >= 15 is 0 Å². The van der Waals surface area contributed by atoms with E-state index in [1.807, 2.05) is 13.8 Å². The van der Waals surface area contributed by atoms with Crippen molar-refractivity contribution in [1.82, 2.24) is 9.78 Å². The molecule has 0 saturated carbocycles. The van der Waals surface area contributed by atoms with Crippen LogP contribution in [0.4, 0.5) is 17.6 Å². The minimum absolute atomic E-state index is 0.0789. The number of hydrogen-bond acceptors (Lipinski definition) is 3. The Morgan fingerprint density at radius 3 is 2.23 bits per heavy atom. The van der Waals surface area contributed by atoms with Gasteiger partial charge in [-0.25, -0.2) is 4.39 Å². The van der Waals surface area contributed by atoms with E-state index < -0.39 is 35.9 Å². The quantitative estimate of drug-likeness (QED) is 0.557. The van der Waals surface area contributed by atoms with Gasteiger partial charge in [-0.2, -0.15) is 18.3 Å². The second-order valence-corrected chi connectivity index (χ2v) is 8.00. The van der Waals surface area contributed by atoms with Crippen LogP contribution in [-0.4, -0.2) is 28.1 Å². The lowest BCUT2D eigenvalue weighted by molar-refractivity contribution is -0.142. The Labute approximate surface area is 151 Å². The van der Waals surface area contributed by atoms with Gasteiger partial charge in [0.25, 0.3) is 0 Å². The maximum absolute atomic E-state index is 14.4. The van der Waals surface area contributed by atoms with E-state index in [4.69, 9.17) is 9.31 Å². The second-order valence-electron chi connectivity index (χ2n) is 8.00. The maximum Gasteiger partial charge on any atom is 0.524 e. The zero-order valence-electron chi connectivity index (χ0n) is 15.9. The van der Waals surface area contributed by atoms with Crippen LogP contribution in [0.1, 0.15) is 52.8 Å². The van der Waals surface area contributed by atoms with Crippen molar-refractivity contribution in [3.63, 3.8) is 0 Å². The van der Waals surface area contributed by atoms with Crippen LogP contribution in [0, 0.1) is 5.92 Å². The number of alkyl halides is 3. The van der Waals surface area contributed by atoms with Crippen LogP contribution in [0.25, 0.3) is 0 Å². The Morgan fingerprint density at radius 1 is 1.23 bits per heavy atom. The van der Waals surface area contributed by atoms with Gasteiger partial charge in [0.05, 0.1) is 11.2 Å². The van der Waals surface area contributed by atoms with Crippen molar-refractivity contribution in [3.05, 3.63) is 29.3 Å². The van der Waals surface area contributed by atoms with Crippen LogP contribution < -0.4 is 0 Å². The number of halogens is 4. The summed E-state index contributed by atoms with van der Waals surface area (Å²) in [5.74, 6) is 0.140. The molecule has 146 valence electrons. The van der Waals surface area contributed by atoms with Gasteiger partial charge >= 0.3 is 13.3 Å². The van der Waals surface area contributed by atoms with Crippen LogP contribution in [0.3, 0.4) is 0 Å². The molecule has 0 spiro atoms. The Kier molecular flexibility index (Phi) is 5.64. The van der Waals surface area contributed by atoms with E-state index in [0.29, 0.717) is 6.54 Å². The summed E-state index contributed by atoms with van der Waals surface area (Å²) in [6.07, 6.45) is -2.46. The van der Waals surface area contributed by atoms with Gasteiger partial charge in [-0.05, 0) is 40.0 Å². The Bertz CT molecular complexity index is 665. The monoisotopic (exact) mass is 376 g/mol. The SMILES string of the molecule is CC(C)Cn1cc(CC=C(F)B2OC(C)(C)C(C)(C)O2)c(C(F)(F)F)n1. The lowest BCUT2D eigenvalue weighted by Crippen LogP contribution is -2.41. The van der Waals surface area contributed by atoms with Crippen LogP contribution in [0.2, 0.25) is 0 Å². The van der Waals surface area contributed by atoms with Gasteiger partial charge in [-0.3, -0.25) is 4.68 Å². The lowest BCUT2D eigenvalue weighted by atomic mass is 9.87. The van der Waals surface area contributed by atoms with E-state index in [1.165, 1.54) is 10.9 Å². The number of nitrogens with zero attached hydrogens (tertiary/aromatic N) is 2. The summed E-state index contributed by atoms with van der Waals surface area (Å²) in [6, 6.07) is 0. The summed E-state index contributed by atoms with van der Waals surface area (Å²) in [6.45, 7) is 11.2. The van der Waals surface area contributed by atoms with Crippen LogP contribution in [0.5, 0.6) is 0 Å². The third kappa shape index (κ3) is 4.49. The van der Waals surface area contributed by atoms with E-state index in [0.717, 1.165) is 6.08 Å². The summed E-state index contributed by atoms with van der Waals surface area (Å²) in [5, 5.41) is 3.62. The highest BCUT2D eigenvalue weighted by molar-refractivity contribution is 6.53. The molecule has 0 atom stereocenters. The molecule has 1 aliphatic rings. The Balaban J connectivity index is 2.20. The molecule has 0 N–H and O–H groups in total. The molecule has 2 rings (SSSR count). The number of aromatic nitrogens is 2. The zero-order chi connectivity index (χ0) is 19.9. The molecule has 26 heavy (non-hydrogen) atoms. The van der Waals surface area contributed by atoms with E-state index in [9.17, 15) is 17.6 Å². The van der Waals surface area contributed by atoms with Gasteiger partial charge in [0.1, 0.15) is 5.73 Å². The predicted octanol–water partition coefficient (Wildman–Crippen LogP) is 4.59. The highest BCUT2D eigenvalue weighted by Gasteiger charge is 2.53. The van der Waals surface area contributed by atoms with Crippen molar-refractivity contribution in [2.45, 2.75) is 71.9 Å².